The highest BCUT2D eigenvalue weighted by atomic mass is 127. The Hall–Kier alpha value is -2.82. The van der Waals surface area contributed by atoms with E-state index in [0.717, 1.165) is 11.1 Å². The van der Waals surface area contributed by atoms with Crippen LogP contribution in [-0.2, 0) is 16.0 Å². The number of hydrogen-bond donors (Lipinski definition) is 4. The number of nitrogens with two attached hydrogens (primary N) is 1. The quantitative estimate of drug-likeness (QED) is 0.356. The molecule has 1 amide bonds. The standard InChI is InChI=1S/C19H19IN4O4/c20-12-9-11(5-6-16(12)25)10-15(18(21)28)24-14-4-2-1-3-13(14)23-19(24)22-8-7-17(26)27/h1-6,9,15,25H,7-8,10H2,(H2,21,28)(H,22,23)(H,26,27). The fourth-order valence-electron chi connectivity index (χ4n) is 2.99. The topological polar surface area (TPSA) is 130 Å². The number of rotatable bonds is 8. The van der Waals surface area contributed by atoms with Gasteiger partial charge < -0.3 is 21.3 Å². The zero-order valence-corrected chi connectivity index (χ0v) is 17.0. The van der Waals surface area contributed by atoms with Gasteiger partial charge in [-0.15, -0.1) is 0 Å². The number of carbonyl (C=O) groups excluding carboxylic acids is 1. The largest absolute Gasteiger partial charge is 0.507 e. The molecule has 3 rings (SSSR count). The number of nitrogens with zero attached hydrogens (tertiary/aromatic N) is 2. The Morgan fingerprint density at radius 1 is 1.25 bits per heavy atom. The number of imidazole rings is 1. The Kier molecular flexibility index (Phi) is 6.02. The van der Waals surface area contributed by atoms with E-state index < -0.39 is 17.9 Å². The summed E-state index contributed by atoms with van der Waals surface area (Å²) >= 11 is 2.02. The van der Waals surface area contributed by atoms with Crippen molar-refractivity contribution in [3.8, 4) is 5.75 Å². The molecule has 0 spiro atoms. The van der Waals surface area contributed by atoms with Crippen LogP contribution in [0.15, 0.2) is 42.5 Å². The molecule has 0 saturated heterocycles. The van der Waals surface area contributed by atoms with Crippen molar-refractivity contribution >= 4 is 51.4 Å². The molecule has 8 nitrogen and oxygen atoms in total. The van der Waals surface area contributed by atoms with Crippen LogP contribution < -0.4 is 11.1 Å². The average molecular weight is 494 g/mol. The van der Waals surface area contributed by atoms with Crippen molar-refractivity contribution in [1.82, 2.24) is 9.55 Å². The van der Waals surface area contributed by atoms with Gasteiger partial charge in [0.25, 0.3) is 0 Å². The molecule has 0 aliphatic rings. The highest BCUT2D eigenvalue weighted by Gasteiger charge is 2.24. The van der Waals surface area contributed by atoms with Crippen molar-refractivity contribution in [3.63, 3.8) is 0 Å². The molecule has 146 valence electrons. The van der Waals surface area contributed by atoms with Gasteiger partial charge in [-0.3, -0.25) is 14.2 Å². The first-order valence-corrected chi connectivity index (χ1v) is 9.64. The molecular weight excluding hydrogens is 475 g/mol. The predicted octanol–water partition coefficient (Wildman–Crippen LogP) is 2.50. The fraction of sp³-hybridized carbons (Fsp3) is 0.211. The number of amides is 1. The van der Waals surface area contributed by atoms with Gasteiger partial charge in [0.05, 0.1) is 21.0 Å². The van der Waals surface area contributed by atoms with Crippen LogP contribution in [0.5, 0.6) is 5.75 Å². The van der Waals surface area contributed by atoms with Crippen molar-refractivity contribution in [1.29, 1.82) is 0 Å². The van der Waals surface area contributed by atoms with E-state index in [-0.39, 0.29) is 18.7 Å². The van der Waals surface area contributed by atoms with Crippen LogP contribution in [-0.4, -0.2) is 38.2 Å². The number of nitrogens with one attached hydrogen (secondary N) is 1. The number of primary amides is 1. The van der Waals surface area contributed by atoms with E-state index in [1.54, 1.807) is 22.8 Å². The summed E-state index contributed by atoms with van der Waals surface area (Å²) in [6, 6.07) is 11.7. The Morgan fingerprint density at radius 3 is 2.68 bits per heavy atom. The maximum Gasteiger partial charge on any atom is 0.305 e. The third-order valence-corrected chi connectivity index (χ3v) is 5.16. The number of carboxylic acids is 1. The molecule has 1 heterocycles. The lowest BCUT2D eigenvalue weighted by Crippen LogP contribution is -2.29. The lowest BCUT2D eigenvalue weighted by Gasteiger charge is -2.20. The number of phenolic OH excluding ortho intramolecular Hbond substituents is 1. The summed E-state index contributed by atoms with van der Waals surface area (Å²) in [6.45, 7) is 0.168. The Bertz CT molecular complexity index is 1030. The van der Waals surface area contributed by atoms with Crippen molar-refractivity contribution in [3.05, 3.63) is 51.6 Å². The number of fused-ring (bicyclic) bond motifs is 1. The van der Waals surface area contributed by atoms with Gasteiger partial charge in [0.2, 0.25) is 11.9 Å². The number of halogens is 1. The molecule has 0 fully saturated rings. The highest BCUT2D eigenvalue weighted by Crippen LogP contribution is 2.28. The van der Waals surface area contributed by atoms with Gasteiger partial charge in [0.15, 0.2) is 0 Å². The molecule has 3 aromatic rings. The number of aromatic nitrogens is 2. The second kappa shape index (κ2) is 8.46. The lowest BCUT2D eigenvalue weighted by molar-refractivity contribution is -0.136. The number of hydrogen-bond acceptors (Lipinski definition) is 5. The number of aliphatic carboxylic acids is 1. The summed E-state index contributed by atoms with van der Waals surface area (Å²) in [5.74, 6) is -0.906. The van der Waals surface area contributed by atoms with Crippen LogP contribution in [0.25, 0.3) is 11.0 Å². The van der Waals surface area contributed by atoms with E-state index in [0.29, 0.717) is 21.5 Å². The minimum Gasteiger partial charge on any atom is -0.507 e. The minimum absolute atomic E-state index is 0.0827. The van der Waals surface area contributed by atoms with Crippen molar-refractivity contribution in [2.75, 3.05) is 11.9 Å². The van der Waals surface area contributed by atoms with Gasteiger partial charge in [-0.1, -0.05) is 18.2 Å². The van der Waals surface area contributed by atoms with Crippen molar-refractivity contribution in [2.24, 2.45) is 5.73 Å². The molecule has 1 aromatic heterocycles. The first-order valence-electron chi connectivity index (χ1n) is 8.56. The Morgan fingerprint density at radius 2 is 2.00 bits per heavy atom. The molecule has 0 bridgehead atoms. The van der Waals surface area contributed by atoms with Crippen LogP contribution in [0.2, 0.25) is 0 Å². The summed E-state index contributed by atoms with van der Waals surface area (Å²) in [4.78, 5) is 27.7. The van der Waals surface area contributed by atoms with E-state index in [2.05, 4.69) is 10.3 Å². The number of carboxylic acid groups (broad SMARTS) is 1. The van der Waals surface area contributed by atoms with E-state index >= 15 is 0 Å². The van der Waals surface area contributed by atoms with Crippen LogP contribution in [0.4, 0.5) is 5.95 Å². The maximum atomic E-state index is 12.3. The maximum absolute atomic E-state index is 12.3. The zero-order chi connectivity index (χ0) is 20.3. The molecule has 0 radical (unpaired) electrons. The monoisotopic (exact) mass is 494 g/mol. The number of anilines is 1. The smallest absolute Gasteiger partial charge is 0.305 e. The molecular formula is C19H19IN4O4. The van der Waals surface area contributed by atoms with Gasteiger partial charge in [0.1, 0.15) is 11.8 Å². The number of benzene rings is 2. The summed E-state index contributed by atoms with van der Waals surface area (Å²) in [6.07, 6.45) is 0.222. The summed E-state index contributed by atoms with van der Waals surface area (Å²) in [7, 11) is 0. The van der Waals surface area contributed by atoms with Gasteiger partial charge >= 0.3 is 5.97 Å². The molecule has 1 atom stereocenters. The molecule has 9 heteroatoms. The summed E-state index contributed by atoms with van der Waals surface area (Å²) < 4.78 is 2.38. The lowest BCUT2D eigenvalue weighted by atomic mass is 10.0. The summed E-state index contributed by atoms with van der Waals surface area (Å²) in [5, 5.41) is 21.6. The van der Waals surface area contributed by atoms with Gasteiger partial charge in [0, 0.05) is 13.0 Å². The predicted molar refractivity (Wildman–Crippen MR) is 113 cm³/mol. The van der Waals surface area contributed by atoms with Gasteiger partial charge in [-0.05, 0) is 52.4 Å². The third kappa shape index (κ3) is 4.35. The first kappa shape index (κ1) is 19.9. The number of phenols is 1. The third-order valence-electron chi connectivity index (χ3n) is 4.30. The molecule has 0 aliphatic heterocycles. The van der Waals surface area contributed by atoms with Crippen LogP contribution >= 0.6 is 22.6 Å². The molecule has 0 saturated carbocycles. The Labute approximate surface area is 174 Å². The van der Waals surface area contributed by atoms with E-state index in [1.807, 2.05) is 46.9 Å². The Balaban J connectivity index is 2.01. The number of para-hydroxylation sites is 2. The summed E-state index contributed by atoms with van der Waals surface area (Å²) in [5.41, 5.74) is 7.95. The van der Waals surface area contributed by atoms with Gasteiger partial charge in [-0.2, -0.15) is 0 Å². The molecule has 0 aliphatic carbocycles. The normalized spacial score (nSPS) is 12.0. The number of carbonyl (C=O) groups is 2. The second-order valence-corrected chi connectivity index (χ2v) is 7.43. The molecule has 28 heavy (non-hydrogen) atoms. The first-order chi connectivity index (χ1) is 13.4. The van der Waals surface area contributed by atoms with Crippen molar-refractivity contribution < 1.29 is 19.8 Å². The fourth-order valence-corrected chi connectivity index (χ4v) is 3.57. The SMILES string of the molecule is NC(=O)C(Cc1ccc(O)c(I)c1)n1c(NCCC(=O)O)nc2ccccc21. The van der Waals surface area contributed by atoms with Crippen LogP contribution in [0.3, 0.4) is 0 Å². The average Bonchev–Trinajstić information content (AvgIpc) is 3.00. The van der Waals surface area contributed by atoms with E-state index in [9.17, 15) is 14.7 Å². The molecule has 2 aromatic carbocycles. The second-order valence-electron chi connectivity index (χ2n) is 6.27. The van der Waals surface area contributed by atoms with E-state index in [1.165, 1.54) is 0 Å². The van der Waals surface area contributed by atoms with E-state index in [4.69, 9.17) is 10.8 Å². The highest BCUT2D eigenvalue weighted by molar-refractivity contribution is 14.1. The minimum atomic E-state index is -0.930. The van der Waals surface area contributed by atoms with Gasteiger partial charge in [-0.25, -0.2) is 4.98 Å². The van der Waals surface area contributed by atoms with Crippen LogP contribution in [0.1, 0.15) is 18.0 Å². The van der Waals surface area contributed by atoms with Crippen molar-refractivity contribution in [2.45, 2.75) is 18.9 Å². The molecule has 1 unspecified atom stereocenters. The van der Waals surface area contributed by atoms with Crippen LogP contribution in [0, 0.1) is 3.57 Å². The zero-order valence-electron chi connectivity index (χ0n) is 14.8. The molecule has 5 N–H and O–H groups in total. The number of aromatic hydroxyl groups is 1.